The first-order valence-electron chi connectivity index (χ1n) is 23.9. The zero-order valence-electron chi connectivity index (χ0n) is 38.9. The van der Waals surface area contributed by atoms with Crippen LogP contribution in [0.15, 0.2) is 114 Å². The molecule has 358 valence electrons. The number of nitrogens with one attached hydrogen (secondary N) is 2. The summed E-state index contributed by atoms with van der Waals surface area (Å²) in [6.45, 7) is -2.05. The number of unbranched alkanes of at least 4 members (excludes halogenated alkanes) is 2. The Morgan fingerprint density at radius 1 is 0.841 bits per heavy atom. The number of amides is 2. The van der Waals surface area contributed by atoms with Gasteiger partial charge < -0.3 is 43.0 Å². The number of benzene rings is 3. The van der Waals surface area contributed by atoms with Crippen LogP contribution >= 0.6 is 11.3 Å². The second-order valence-electron chi connectivity index (χ2n) is 18.0. The molecule has 0 bridgehead atoms. The van der Waals surface area contributed by atoms with Gasteiger partial charge in [-0.15, -0.1) is 11.3 Å². The minimum atomic E-state index is -4.13. The number of thiophene rings is 1. The molecule has 1 unspecified atom stereocenters. The Morgan fingerprint density at radius 2 is 1.59 bits per heavy atom. The molecule has 11 nitrogen and oxygen atoms in total. The van der Waals surface area contributed by atoms with Crippen LogP contribution in [0, 0.1) is 0 Å². The molecule has 2 amide bonds. The predicted octanol–water partition coefficient (Wildman–Crippen LogP) is 9.87. The summed E-state index contributed by atoms with van der Waals surface area (Å²) in [6, 6.07) is 27.6. The van der Waals surface area contributed by atoms with Crippen molar-refractivity contribution in [1.29, 1.82) is 0 Å². The summed E-state index contributed by atoms with van der Waals surface area (Å²) in [5.74, 6) is 0.627. The van der Waals surface area contributed by atoms with Gasteiger partial charge in [-0.2, -0.15) is 0 Å². The average molecular weight is 954 g/mol. The molecule has 3 aliphatic rings. The van der Waals surface area contributed by atoms with Crippen molar-refractivity contribution >= 4 is 71.3 Å². The zero-order valence-corrected chi connectivity index (χ0v) is 39.7. The van der Waals surface area contributed by atoms with Crippen LogP contribution in [0.1, 0.15) is 109 Å². The van der Waals surface area contributed by atoms with Gasteiger partial charge in [-0.25, -0.2) is 0 Å². The van der Waals surface area contributed by atoms with Gasteiger partial charge in [0.15, 0.2) is 18.0 Å². The topological polar surface area (TPSA) is 133 Å². The molecule has 0 radical (unpaired) electrons. The molecular formula is C54H58BF2N5O6S. The van der Waals surface area contributed by atoms with Crippen LogP contribution in [-0.2, 0) is 25.6 Å². The number of rotatable bonds is 22. The number of aromatic hydroxyl groups is 1. The zero-order chi connectivity index (χ0) is 48.3. The summed E-state index contributed by atoms with van der Waals surface area (Å²) in [5.41, 5.74) is 6.76. The molecule has 1 atom stereocenters. The maximum Gasteiger partial charge on any atom is 0.737 e. The summed E-state index contributed by atoms with van der Waals surface area (Å²) >= 11 is 1.43. The molecule has 0 saturated heterocycles. The number of ether oxygens (including phenoxy) is 1. The number of phenols is 1. The molecule has 2 aromatic heterocycles. The quantitative estimate of drug-likeness (QED) is 0.0465. The van der Waals surface area contributed by atoms with E-state index in [0.717, 1.165) is 62.9 Å². The number of allylic oxidation sites excluding steroid dienone is 2. The molecule has 15 heteroatoms. The third-order valence-corrected chi connectivity index (χ3v) is 13.8. The van der Waals surface area contributed by atoms with Crippen LogP contribution < -0.4 is 15.4 Å². The maximum absolute atomic E-state index is 16.1. The number of nitrogens with zero attached hydrogens (tertiary/aromatic N) is 3. The first-order chi connectivity index (χ1) is 33.4. The van der Waals surface area contributed by atoms with Gasteiger partial charge in [0.2, 0.25) is 5.91 Å². The number of aromatic nitrogens is 1. The molecule has 3 aliphatic heterocycles. The molecule has 0 saturated carbocycles. The Bertz CT molecular complexity index is 2780. The van der Waals surface area contributed by atoms with E-state index < -0.39 is 6.97 Å². The predicted molar refractivity (Wildman–Crippen MR) is 270 cm³/mol. The number of phenolic OH excluding ortho intramolecular Hbond substituents is 1. The Balaban J connectivity index is 0.654. The Hall–Kier alpha value is -6.71. The second kappa shape index (κ2) is 22.6. The molecule has 0 aliphatic carbocycles. The van der Waals surface area contributed by atoms with E-state index in [-0.39, 0.29) is 48.1 Å². The normalized spacial score (nSPS) is 16.1. The molecule has 5 heterocycles. The van der Waals surface area contributed by atoms with Gasteiger partial charge in [0.05, 0.1) is 4.88 Å². The Morgan fingerprint density at radius 3 is 2.35 bits per heavy atom. The van der Waals surface area contributed by atoms with Gasteiger partial charge in [-0.05, 0) is 127 Å². The molecular weight excluding hydrogens is 895 g/mol. The molecule has 0 spiro atoms. The maximum atomic E-state index is 16.1. The number of likely N-dealkylation sites (N-methyl/N-ethyl adjacent to an activating group) is 1. The fraction of sp³-hybridized carbons (Fsp3) is 0.315. The number of anilines is 1. The highest BCUT2D eigenvalue weighted by Gasteiger charge is 2.52. The monoisotopic (exact) mass is 953 g/mol. The largest absolute Gasteiger partial charge is 0.737 e. The summed E-state index contributed by atoms with van der Waals surface area (Å²) in [5, 5.41) is 17.8. The van der Waals surface area contributed by atoms with Crippen LogP contribution in [0.3, 0.4) is 0 Å². The van der Waals surface area contributed by atoms with Crippen LogP contribution in [0.25, 0.3) is 18.2 Å². The highest BCUT2D eigenvalue weighted by molar-refractivity contribution is 7.12. The van der Waals surface area contributed by atoms with Crippen molar-refractivity contribution in [3.63, 3.8) is 0 Å². The molecule has 5 aromatic rings. The number of Topliss-reactive ketones (excluding diaryl/α,β-unsaturated/α-hetero) is 2. The van der Waals surface area contributed by atoms with E-state index in [1.165, 1.54) is 16.9 Å². The van der Waals surface area contributed by atoms with Gasteiger partial charge in [0.1, 0.15) is 23.1 Å². The van der Waals surface area contributed by atoms with E-state index in [1.807, 2.05) is 53.9 Å². The lowest BCUT2D eigenvalue weighted by Gasteiger charge is -2.30. The van der Waals surface area contributed by atoms with E-state index in [9.17, 15) is 24.3 Å². The van der Waals surface area contributed by atoms with Gasteiger partial charge in [0.25, 0.3) is 5.91 Å². The summed E-state index contributed by atoms with van der Waals surface area (Å²) in [4.78, 5) is 53.0. The van der Waals surface area contributed by atoms with Crippen molar-refractivity contribution < 1.29 is 42.1 Å². The van der Waals surface area contributed by atoms with E-state index >= 15 is 8.63 Å². The van der Waals surface area contributed by atoms with Crippen molar-refractivity contribution in [3.05, 3.63) is 153 Å². The second-order valence-corrected chi connectivity index (χ2v) is 19.0. The highest BCUT2D eigenvalue weighted by atomic mass is 32.1. The van der Waals surface area contributed by atoms with Crippen molar-refractivity contribution in [2.45, 2.75) is 76.5 Å². The first-order valence-corrected chi connectivity index (χ1v) is 24.7. The van der Waals surface area contributed by atoms with Crippen LogP contribution in [0.2, 0.25) is 0 Å². The first kappa shape index (κ1) is 48.7. The van der Waals surface area contributed by atoms with Gasteiger partial charge in [-0.3, -0.25) is 19.2 Å². The van der Waals surface area contributed by atoms with Crippen LogP contribution in [0.5, 0.6) is 11.5 Å². The van der Waals surface area contributed by atoms with E-state index in [2.05, 4.69) is 22.6 Å². The Labute approximate surface area is 406 Å². The number of fused-ring (bicyclic) bond motifs is 3. The minimum Gasteiger partial charge on any atom is -0.508 e. The lowest BCUT2D eigenvalue weighted by molar-refractivity contribution is -0.360. The standard InChI is InChI=1S/C54H58BF2N5O6S/c1-60-32-30-40-19-26-47(65)35-49(40)50(36-60)39-17-20-41(21-18-39)59-53(66)13-6-11-46(64)10-5-9-45(63)8-3-2-4-31-58-54(67)37-68-48-27-15-38(16-28-48)14-22-42-23-24-43-34-44-25-29-51(52-12-7-33-69-52)62(44)55(56,57)61(42)43/h7,12,14-29,33-35,50,65H,2-6,8-11,13,30-32,36-37H2,1H3,(H,58,67)(H,59,66)/b22-14+. The van der Waals surface area contributed by atoms with E-state index in [1.54, 1.807) is 72.8 Å². The smallest absolute Gasteiger partial charge is 0.508 e. The SMILES string of the molecule is CN1CCc2ccc(O)cc2C(c2ccc(NC(=O)CCCC(=O)CCCC(=O)CCCCCNC(=O)COc3ccc(/C=C/c4ccc5n4[B-](F)(F)[N+]4=C(c6cccs6)C=CC4=C5)cc3)cc2)C1. The van der Waals surface area contributed by atoms with Crippen molar-refractivity contribution in [3.8, 4) is 11.5 Å². The average Bonchev–Trinajstić information content (AvgIpc) is 4.10. The summed E-state index contributed by atoms with van der Waals surface area (Å²) in [6.07, 6.45) is 14.4. The summed E-state index contributed by atoms with van der Waals surface area (Å²) in [7, 11) is 2.10. The lowest BCUT2D eigenvalue weighted by Crippen LogP contribution is -2.50. The third-order valence-electron chi connectivity index (χ3n) is 12.9. The van der Waals surface area contributed by atoms with Gasteiger partial charge >= 0.3 is 6.97 Å². The fourth-order valence-electron chi connectivity index (χ4n) is 9.25. The van der Waals surface area contributed by atoms with Crippen molar-refractivity contribution in [2.75, 3.05) is 38.6 Å². The molecule has 8 rings (SSSR count). The molecule has 3 N–H and O–H groups in total. The van der Waals surface area contributed by atoms with Crippen LogP contribution in [-0.4, -0.2) is 88.3 Å². The number of carbonyl (C=O) groups is 4. The number of ketones is 2. The van der Waals surface area contributed by atoms with Crippen molar-refractivity contribution in [1.82, 2.24) is 14.7 Å². The number of hydrogen-bond acceptors (Lipinski definition) is 8. The Kier molecular flexibility index (Phi) is 16.0. The summed E-state index contributed by atoms with van der Waals surface area (Å²) < 4.78 is 40.1. The number of carbonyl (C=O) groups excluding carboxylic acids is 4. The fourth-order valence-corrected chi connectivity index (χ4v) is 10.0. The number of halogens is 2. The number of hydrogen-bond donors (Lipinski definition) is 3. The van der Waals surface area contributed by atoms with E-state index in [4.69, 9.17) is 4.74 Å². The van der Waals surface area contributed by atoms with Crippen molar-refractivity contribution in [2.24, 2.45) is 0 Å². The van der Waals surface area contributed by atoms with E-state index in [0.29, 0.717) is 85.7 Å². The highest BCUT2D eigenvalue weighted by Crippen LogP contribution is 2.36. The lowest BCUT2D eigenvalue weighted by atomic mass is 9.88. The molecule has 0 fully saturated rings. The van der Waals surface area contributed by atoms with Gasteiger partial charge in [-0.1, -0.05) is 48.9 Å². The minimum absolute atomic E-state index is 0.0484. The molecule has 3 aromatic carbocycles. The molecule has 69 heavy (non-hydrogen) atoms. The van der Waals surface area contributed by atoms with Gasteiger partial charge in [0, 0.05) is 93.0 Å². The van der Waals surface area contributed by atoms with Crippen LogP contribution in [0.4, 0.5) is 14.3 Å². The third kappa shape index (κ3) is 12.5.